The Morgan fingerprint density at radius 2 is 1.73 bits per heavy atom. The highest BCUT2D eigenvalue weighted by molar-refractivity contribution is 8.18. The summed E-state index contributed by atoms with van der Waals surface area (Å²) in [6, 6.07) is 15.3. The fourth-order valence-corrected chi connectivity index (χ4v) is 3.02. The van der Waals surface area contributed by atoms with Crippen molar-refractivity contribution < 1.29 is 19.1 Å². The van der Waals surface area contributed by atoms with Gasteiger partial charge in [0.2, 0.25) is 0 Å². The van der Waals surface area contributed by atoms with E-state index in [1.165, 1.54) is 7.11 Å². The van der Waals surface area contributed by atoms with E-state index < -0.39 is 11.9 Å². The minimum Gasteiger partial charge on any atom is -0.465 e. The molecule has 0 spiro atoms. The zero-order valence-corrected chi connectivity index (χ0v) is 14.6. The van der Waals surface area contributed by atoms with Crippen molar-refractivity contribution in [2.24, 2.45) is 4.99 Å². The first-order chi connectivity index (χ1) is 12.6. The van der Waals surface area contributed by atoms with E-state index in [4.69, 9.17) is 0 Å². The van der Waals surface area contributed by atoms with Crippen LogP contribution in [0.4, 0.5) is 0 Å². The first-order valence-corrected chi connectivity index (χ1v) is 8.46. The molecular weight excluding hydrogens is 352 g/mol. The Kier molecular flexibility index (Phi) is 5.28. The van der Waals surface area contributed by atoms with E-state index >= 15 is 0 Å². The molecule has 1 aliphatic heterocycles. The molecule has 7 heteroatoms. The van der Waals surface area contributed by atoms with Gasteiger partial charge in [-0.15, -0.1) is 0 Å². The molecule has 1 saturated heterocycles. The zero-order chi connectivity index (χ0) is 18.5. The third-order valence-electron chi connectivity index (χ3n) is 3.50. The van der Waals surface area contributed by atoms with Gasteiger partial charge in [0.25, 0.3) is 11.8 Å². The number of thioether (sulfide) groups is 1. The van der Waals surface area contributed by atoms with E-state index in [1.807, 2.05) is 6.07 Å². The number of amidine groups is 1. The summed E-state index contributed by atoms with van der Waals surface area (Å²) in [6.07, 6.45) is 1.66. The Morgan fingerprint density at radius 3 is 2.38 bits per heavy atom. The molecule has 1 heterocycles. The van der Waals surface area contributed by atoms with Gasteiger partial charge in [0.1, 0.15) is 0 Å². The summed E-state index contributed by atoms with van der Waals surface area (Å²) < 4.78 is 4.64. The van der Waals surface area contributed by atoms with Crippen molar-refractivity contribution in [1.82, 2.24) is 5.32 Å². The van der Waals surface area contributed by atoms with E-state index in [2.05, 4.69) is 15.0 Å². The highest BCUT2D eigenvalue weighted by Crippen LogP contribution is 2.26. The Labute approximate surface area is 154 Å². The van der Waals surface area contributed by atoms with Crippen LogP contribution in [0.1, 0.15) is 26.3 Å². The number of hydrogen-bond donors (Lipinski definition) is 1. The van der Waals surface area contributed by atoms with E-state index in [0.717, 1.165) is 17.3 Å². The number of carbonyl (C=O) groups is 3. The molecule has 1 N–H and O–H groups in total. The summed E-state index contributed by atoms with van der Waals surface area (Å²) in [5.41, 5.74) is 1.62. The van der Waals surface area contributed by atoms with Crippen LogP contribution < -0.4 is 5.32 Å². The largest absolute Gasteiger partial charge is 0.465 e. The number of ether oxygens (including phenoxy) is 1. The number of nitrogens with zero attached hydrogens (tertiary/aromatic N) is 1. The second-order valence-corrected chi connectivity index (χ2v) is 6.30. The van der Waals surface area contributed by atoms with E-state index in [1.54, 1.807) is 54.6 Å². The van der Waals surface area contributed by atoms with Crippen LogP contribution in [-0.4, -0.2) is 30.1 Å². The normalized spacial score (nSPS) is 16.6. The van der Waals surface area contributed by atoms with Gasteiger partial charge in [-0.1, -0.05) is 30.3 Å². The van der Waals surface area contributed by atoms with Crippen molar-refractivity contribution in [2.75, 3.05) is 7.11 Å². The Bertz CT molecular complexity index is 918. The average Bonchev–Trinajstić information content (AvgIpc) is 3.01. The van der Waals surface area contributed by atoms with Gasteiger partial charge in [-0.05, 0) is 47.7 Å². The lowest BCUT2D eigenvalue weighted by Crippen LogP contribution is -2.20. The monoisotopic (exact) mass is 366 g/mol. The lowest BCUT2D eigenvalue weighted by molar-refractivity contribution is -0.115. The number of nitrogens with one attached hydrogen (secondary N) is 1. The first kappa shape index (κ1) is 17.6. The molecule has 26 heavy (non-hydrogen) atoms. The number of rotatable bonds is 3. The summed E-state index contributed by atoms with van der Waals surface area (Å²) >= 11 is 1.09. The van der Waals surface area contributed by atoms with Gasteiger partial charge in [0, 0.05) is 5.56 Å². The van der Waals surface area contributed by atoms with Crippen LogP contribution in [-0.2, 0) is 9.53 Å². The molecule has 1 fully saturated rings. The third-order valence-corrected chi connectivity index (χ3v) is 4.41. The van der Waals surface area contributed by atoms with Gasteiger partial charge in [-0.2, -0.15) is 4.99 Å². The molecule has 0 unspecified atom stereocenters. The SMILES string of the molecule is COC(=O)c1ccc(/C=C2\SC(=NC(=O)c3ccccc3)NC2=O)cc1. The van der Waals surface area contributed by atoms with E-state index in [0.29, 0.717) is 16.0 Å². The highest BCUT2D eigenvalue weighted by Gasteiger charge is 2.24. The fourth-order valence-electron chi connectivity index (χ4n) is 2.20. The molecule has 0 aromatic heterocycles. The van der Waals surface area contributed by atoms with Crippen molar-refractivity contribution in [3.8, 4) is 0 Å². The Morgan fingerprint density at radius 1 is 1.04 bits per heavy atom. The first-order valence-electron chi connectivity index (χ1n) is 7.64. The van der Waals surface area contributed by atoms with E-state index in [9.17, 15) is 14.4 Å². The molecule has 2 amide bonds. The van der Waals surface area contributed by atoms with Crippen molar-refractivity contribution in [1.29, 1.82) is 0 Å². The molecular formula is C19H14N2O4S. The predicted molar refractivity (Wildman–Crippen MR) is 99.7 cm³/mol. The summed E-state index contributed by atoms with van der Waals surface area (Å²) in [5, 5.41) is 2.81. The van der Waals surface area contributed by atoms with Crippen LogP contribution in [0.3, 0.4) is 0 Å². The van der Waals surface area contributed by atoms with Gasteiger partial charge in [-0.25, -0.2) is 4.79 Å². The van der Waals surface area contributed by atoms with Crippen LogP contribution in [0.25, 0.3) is 6.08 Å². The third kappa shape index (κ3) is 4.07. The topological polar surface area (TPSA) is 84.8 Å². The molecule has 0 radical (unpaired) electrons. The van der Waals surface area contributed by atoms with Crippen molar-refractivity contribution in [2.45, 2.75) is 0 Å². The van der Waals surface area contributed by atoms with Gasteiger partial charge in [0.05, 0.1) is 17.6 Å². The smallest absolute Gasteiger partial charge is 0.337 e. The van der Waals surface area contributed by atoms with Crippen LogP contribution in [0.2, 0.25) is 0 Å². The lowest BCUT2D eigenvalue weighted by Gasteiger charge is -1.99. The predicted octanol–water partition coefficient (Wildman–Crippen LogP) is 2.87. The molecule has 130 valence electrons. The molecule has 1 aliphatic rings. The number of esters is 1. The van der Waals surface area contributed by atoms with Gasteiger partial charge in [-0.3, -0.25) is 9.59 Å². The van der Waals surface area contributed by atoms with Crippen molar-refractivity contribution in [3.05, 3.63) is 76.2 Å². The minimum absolute atomic E-state index is 0.237. The molecule has 2 aromatic carbocycles. The maximum Gasteiger partial charge on any atom is 0.337 e. The molecule has 2 aromatic rings. The lowest BCUT2D eigenvalue weighted by atomic mass is 10.1. The average molecular weight is 366 g/mol. The van der Waals surface area contributed by atoms with Crippen LogP contribution in [0, 0.1) is 0 Å². The number of carbonyl (C=O) groups excluding carboxylic acids is 3. The van der Waals surface area contributed by atoms with Crippen molar-refractivity contribution in [3.63, 3.8) is 0 Å². The van der Waals surface area contributed by atoms with Crippen LogP contribution in [0.15, 0.2) is 64.5 Å². The molecule has 0 aliphatic carbocycles. The second-order valence-electron chi connectivity index (χ2n) is 5.27. The number of benzene rings is 2. The van der Waals surface area contributed by atoms with Gasteiger partial charge in [0.15, 0.2) is 5.17 Å². The standard InChI is InChI=1S/C19H14N2O4S/c1-25-18(24)14-9-7-12(8-10-14)11-15-17(23)21-19(26-15)20-16(22)13-5-3-2-4-6-13/h2-11H,1H3,(H,20,21,22,23)/b15-11-. The summed E-state index contributed by atoms with van der Waals surface area (Å²) in [4.78, 5) is 39.9. The van der Waals surface area contributed by atoms with Gasteiger partial charge >= 0.3 is 5.97 Å². The fraction of sp³-hybridized carbons (Fsp3) is 0.0526. The molecule has 3 rings (SSSR count). The number of hydrogen-bond acceptors (Lipinski definition) is 5. The second kappa shape index (κ2) is 7.79. The number of methoxy groups -OCH3 is 1. The Hall–Kier alpha value is -3.19. The summed E-state index contributed by atoms with van der Waals surface area (Å²) in [5.74, 6) is -1.17. The summed E-state index contributed by atoms with van der Waals surface area (Å²) in [7, 11) is 1.31. The molecule has 0 atom stereocenters. The van der Waals surface area contributed by atoms with E-state index in [-0.39, 0.29) is 11.1 Å². The zero-order valence-electron chi connectivity index (χ0n) is 13.8. The Balaban J connectivity index is 1.75. The minimum atomic E-state index is -0.425. The number of aliphatic imine (C=N–C) groups is 1. The van der Waals surface area contributed by atoms with Crippen LogP contribution >= 0.6 is 11.8 Å². The van der Waals surface area contributed by atoms with Crippen molar-refractivity contribution >= 4 is 40.8 Å². The highest BCUT2D eigenvalue weighted by atomic mass is 32.2. The number of amides is 2. The molecule has 0 saturated carbocycles. The summed E-state index contributed by atoms with van der Waals surface area (Å²) in [6.45, 7) is 0. The maximum absolute atomic E-state index is 12.1. The maximum atomic E-state index is 12.1. The molecule has 6 nitrogen and oxygen atoms in total. The van der Waals surface area contributed by atoms with Crippen LogP contribution in [0.5, 0.6) is 0 Å². The quantitative estimate of drug-likeness (QED) is 0.667. The molecule has 0 bridgehead atoms. The van der Waals surface area contributed by atoms with Gasteiger partial charge < -0.3 is 10.1 Å².